The zero-order valence-corrected chi connectivity index (χ0v) is 13.4. The van der Waals surface area contributed by atoms with E-state index >= 15 is 0 Å². The molecule has 1 aromatic carbocycles. The van der Waals surface area contributed by atoms with Crippen molar-refractivity contribution in [2.75, 3.05) is 4.43 Å². The molecule has 0 radical (unpaired) electrons. The lowest BCUT2D eigenvalue weighted by Gasteiger charge is -2.20. The molecule has 0 saturated carbocycles. The van der Waals surface area contributed by atoms with Crippen LogP contribution in [-0.2, 0) is 0 Å². The average molecular weight is 414 g/mol. The molecular formula is C12H14BrFINO. The molecule has 0 spiro atoms. The largest absolute Gasteiger partial charge is 0.348 e. The van der Waals surface area contributed by atoms with Crippen LogP contribution in [0.3, 0.4) is 0 Å². The van der Waals surface area contributed by atoms with Gasteiger partial charge >= 0.3 is 0 Å². The fourth-order valence-corrected chi connectivity index (χ4v) is 3.07. The molecule has 0 fully saturated rings. The molecule has 1 aromatic rings. The molecule has 1 N–H and O–H groups in total. The molecule has 0 bridgehead atoms. The molecule has 0 saturated heterocycles. The summed E-state index contributed by atoms with van der Waals surface area (Å²) in [5, 5.41) is 2.94. The first kappa shape index (κ1) is 14.9. The molecule has 0 aliphatic heterocycles. The fourth-order valence-electron chi connectivity index (χ4n) is 1.30. The SMILES string of the molecule is CC(C)C(CI)NC(=O)c1ccc(F)cc1Br. The Kier molecular flexibility index (Phi) is 5.85. The molecule has 0 heterocycles. The Bertz CT molecular complexity index is 411. The fraction of sp³-hybridized carbons (Fsp3) is 0.417. The summed E-state index contributed by atoms with van der Waals surface area (Å²) in [5.74, 6) is -0.162. The summed E-state index contributed by atoms with van der Waals surface area (Å²) < 4.78 is 14.2. The van der Waals surface area contributed by atoms with Crippen molar-refractivity contribution < 1.29 is 9.18 Å². The van der Waals surface area contributed by atoms with Crippen LogP contribution in [0, 0.1) is 11.7 Å². The normalized spacial score (nSPS) is 12.6. The van der Waals surface area contributed by atoms with E-state index in [0.29, 0.717) is 16.0 Å². The third-order valence-electron chi connectivity index (χ3n) is 2.46. The lowest BCUT2D eigenvalue weighted by molar-refractivity contribution is 0.0931. The molecule has 0 aromatic heterocycles. The Balaban J connectivity index is 2.82. The van der Waals surface area contributed by atoms with Crippen LogP contribution in [0.4, 0.5) is 4.39 Å². The van der Waals surface area contributed by atoms with E-state index in [1.165, 1.54) is 18.2 Å². The summed E-state index contributed by atoms with van der Waals surface area (Å²) in [5.41, 5.74) is 0.460. The molecule has 5 heteroatoms. The van der Waals surface area contributed by atoms with Gasteiger partial charge in [-0.25, -0.2) is 4.39 Å². The maximum absolute atomic E-state index is 12.9. The summed E-state index contributed by atoms with van der Waals surface area (Å²) in [4.78, 5) is 12.0. The quantitative estimate of drug-likeness (QED) is 0.590. The lowest BCUT2D eigenvalue weighted by atomic mass is 10.1. The summed E-state index contributed by atoms with van der Waals surface area (Å²) in [6, 6.07) is 4.19. The van der Waals surface area contributed by atoms with E-state index in [1.807, 2.05) is 0 Å². The van der Waals surface area contributed by atoms with E-state index in [0.717, 1.165) is 4.43 Å². The first-order valence-electron chi connectivity index (χ1n) is 5.27. The zero-order chi connectivity index (χ0) is 13.0. The van der Waals surface area contributed by atoms with Gasteiger partial charge in [0.05, 0.1) is 5.56 Å². The molecule has 94 valence electrons. The van der Waals surface area contributed by atoms with Crippen LogP contribution in [0.5, 0.6) is 0 Å². The Morgan fingerprint density at radius 2 is 2.18 bits per heavy atom. The summed E-state index contributed by atoms with van der Waals surface area (Å²) in [7, 11) is 0. The number of benzene rings is 1. The zero-order valence-electron chi connectivity index (χ0n) is 9.64. The van der Waals surface area contributed by atoms with Gasteiger partial charge in [0.2, 0.25) is 0 Å². The van der Waals surface area contributed by atoms with Crippen molar-refractivity contribution in [1.29, 1.82) is 0 Å². The molecular weight excluding hydrogens is 400 g/mol. The summed E-state index contributed by atoms with van der Waals surface area (Å²) in [6.45, 7) is 4.12. The van der Waals surface area contributed by atoms with Gasteiger partial charge in [-0.1, -0.05) is 36.4 Å². The standard InChI is InChI=1S/C12H14BrFINO/c1-7(2)11(6-15)16-12(17)9-4-3-8(14)5-10(9)13/h3-5,7,11H,6H2,1-2H3,(H,16,17). The maximum Gasteiger partial charge on any atom is 0.252 e. The number of carbonyl (C=O) groups is 1. The monoisotopic (exact) mass is 413 g/mol. The molecule has 1 amide bonds. The van der Waals surface area contributed by atoms with Crippen LogP contribution in [0.15, 0.2) is 22.7 Å². The first-order valence-corrected chi connectivity index (χ1v) is 7.59. The van der Waals surface area contributed by atoms with Gasteiger partial charge in [0, 0.05) is 14.9 Å². The molecule has 1 unspecified atom stereocenters. The van der Waals surface area contributed by atoms with E-state index in [1.54, 1.807) is 0 Å². The van der Waals surface area contributed by atoms with E-state index in [4.69, 9.17) is 0 Å². The highest BCUT2D eigenvalue weighted by Gasteiger charge is 2.17. The van der Waals surface area contributed by atoms with Crippen LogP contribution in [0.2, 0.25) is 0 Å². The van der Waals surface area contributed by atoms with Gasteiger partial charge in [-0.15, -0.1) is 0 Å². The van der Waals surface area contributed by atoms with Gasteiger partial charge in [0.15, 0.2) is 0 Å². The van der Waals surface area contributed by atoms with E-state index in [2.05, 4.69) is 57.7 Å². The molecule has 1 rings (SSSR count). The van der Waals surface area contributed by atoms with Crippen molar-refractivity contribution in [1.82, 2.24) is 5.32 Å². The number of carbonyl (C=O) groups excluding carboxylic acids is 1. The van der Waals surface area contributed by atoms with E-state index in [9.17, 15) is 9.18 Å². The van der Waals surface area contributed by atoms with Gasteiger partial charge in [-0.3, -0.25) is 4.79 Å². The van der Waals surface area contributed by atoms with Crippen molar-refractivity contribution in [2.45, 2.75) is 19.9 Å². The number of hydrogen-bond donors (Lipinski definition) is 1. The minimum Gasteiger partial charge on any atom is -0.348 e. The molecule has 17 heavy (non-hydrogen) atoms. The molecule has 0 aliphatic rings. The maximum atomic E-state index is 12.9. The van der Waals surface area contributed by atoms with Crippen molar-refractivity contribution in [2.24, 2.45) is 5.92 Å². The van der Waals surface area contributed by atoms with Crippen molar-refractivity contribution in [3.05, 3.63) is 34.1 Å². The van der Waals surface area contributed by atoms with Crippen molar-refractivity contribution in [3.8, 4) is 0 Å². The van der Waals surface area contributed by atoms with Crippen molar-refractivity contribution >= 4 is 44.4 Å². The van der Waals surface area contributed by atoms with Gasteiger partial charge in [-0.05, 0) is 40.0 Å². The minimum absolute atomic E-state index is 0.125. The van der Waals surface area contributed by atoms with Gasteiger partial charge < -0.3 is 5.32 Å². The van der Waals surface area contributed by atoms with Gasteiger partial charge in [0.25, 0.3) is 5.91 Å². The highest BCUT2D eigenvalue weighted by atomic mass is 127. The second-order valence-corrected chi connectivity index (χ2v) is 5.84. The van der Waals surface area contributed by atoms with E-state index < -0.39 is 0 Å². The third-order valence-corrected chi connectivity index (χ3v) is 4.07. The van der Waals surface area contributed by atoms with Crippen LogP contribution in [0.25, 0.3) is 0 Å². The summed E-state index contributed by atoms with van der Waals surface area (Å²) >= 11 is 5.44. The predicted molar refractivity (Wildman–Crippen MR) is 79.1 cm³/mol. The number of rotatable bonds is 4. The molecule has 2 nitrogen and oxygen atoms in total. The highest BCUT2D eigenvalue weighted by molar-refractivity contribution is 14.1. The predicted octanol–water partition coefficient (Wildman–Crippen LogP) is 3.78. The molecule has 0 aliphatic carbocycles. The molecule has 1 atom stereocenters. The Morgan fingerprint density at radius 3 is 2.65 bits per heavy atom. The van der Waals surface area contributed by atoms with E-state index in [-0.39, 0.29) is 17.8 Å². The number of hydrogen-bond acceptors (Lipinski definition) is 1. The minimum atomic E-state index is -0.359. The number of halogens is 3. The van der Waals surface area contributed by atoms with Crippen molar-refractivity contribution in [3.63, 3.8) is 0 Å². The number of amides is 1. The summed E-state index contributed by atoms with van der Waals surface area (Å²) in [6.07, 6.45) is 0. The van der Waals surface area contributed by atoms with Crippen LogP contribution >= 0.6 is 38.5 Å². The topological polar surface area (TPSA) is 29.1 Å². The van der Waals surface area contributed by atoms with Crippen LogP contribution in [-0.4, -0.2) is 16.4 Å². The lowest BCUT2D eigenvalue weighted by Crippen LogP contribution is -2.39. The van der Waals surface area contributed by atoms with Crippen LogP contribution in [0.1, 0.15) is 24.2 Å². The number of nitrogens with one attached hydrogen (secondary N) is 1. The second kappa shape index (κ2) is 6.68. The van der Waals surface area contributed by atoms with Gasteiger partial charge in [0.1, 0.15) is 5.82 Å². The first-order chi connectivity index (χ1) is 7.95. The smallest absolute Gasteiger partial charge is 0.252 e. The Labute approximate surface area is 123 Å². The van der Waals surface area contributed by atoms with Gasteiger partial charge in [-0.2, -0.15) is 0 Å². The second-order valence-electron chi connectivity index (χ2n) is 4.10. The number of alkyl halides is 1. The Hall–Kier alpha value is -0.170. The third kappa shape index (κ3) is 4.21. The van der Waals surface area contributed by atoms with Crippen LogP contribution < -0.4 is 5.32 Å². The Morgan fingerprint density at radius 1 is 1.53 bits per heavy atom. The average Bonchev–Trinajstić information content (AvgIpc) is 2.24. The highest BCUT2D eigenvalue weighted by Crippen LogP contribution is 2.18.